The molecule has 32 heavy (non-hydrogen) atoms. The maximum atomic E-state index is 9.76. The van der Waals surface area contributed by atoms with Crippen LogP contribution >= 0.6 is 23.2 Å². The van der Waals surface area contributed by atoms with Crippen LogP contribution in [0.25, 0.3) is 28.7 Å². The van der Waals surface area contributed by atoms with E-state index < -0.39 is 0 Å². The van der Waals surface area contributed by atoms with E-state index in [1.807, 2.05) is 24.3 Å². The molecule has 0 saturated carbocycles. The highest BCUT2D eigenvalue weighted by Gasteiger charge is 2.22. The number of benzene rings is 2. The van der Waals surface area contributed by atoms with E-state index in [9.17, 15) is 15.8 Å². The monoisotopic (exact) mass is 455 g/mol. The highest BCUT2D eigenvalue weighted by Crippen LogP contribution is 2.31. The zero-order valence-corrected chi connectivity index (χ0v) is 17.8. The van der Waals surface area contributed by atoms with Gasteiger partial charge in [0.15, 0.2) is 5.69 Å². The summed E-state index contributed by atoms with van der Waals surface area (Å²) in [4.78, 5) is 0. The number of nitriles is 3. The standard InChI is InChI=1S/C24H11Cl2N5O/c25-20-8-6-15(11-21(20)26)23-9-7-18(32-23)10-16(12-27)24-19(13-28)22(14-29)31(30-24)17-4-2-1-3-5-17/h1-11H. The summed E-state index contributed by atoms with van der Waals surface area (Å²) in [6.07, 6.45) is 1.47. The van der Waals surface area contributed by atoms with Crippen molar-refractivity contribution in [1.82, 2.24) is 9.78 Å². The van der Waals surface area contributed by atoms with Gasteiger partial charge in [-0.15, -0.1) is 0 Å². The Balaban J connectivity index is 1.78. The third kappa shape index (κ3) is 3.87. The van der Waals surface area contributed by atoms with Crippen LogP contribution in [0.2, 0.25) is 10.0 Å². The van der Waals surface area contributed by atoms with Gasteiger partial charge < -0.3 is 4.42 Å². The summed E-state index contributed by atoms with van der Waals surface area (Å²) < 4.78 is 7.18. The Labute approximate surface area is 193 Å². The number of allylic oxidation sites excluding steroid dienone is 1. The van der Waals surface area contributed by atoms with Crippen molar-refractivity contribution in [3.63, 3.8) is 0 Å². The van der Waals surface area contributed by atoms with Crippen LogP contribution in [-0.2, 0) is 0 Å². The maximum Gasteiger partial charge on any atom is 0.162 e. The Morgan fingerprint density at radius 3 is 2.38 bits per heavy atom. The minimum absolute atomic E-state index is 0.0143. The lowest BCUT2D eigenvalue weighted by Gasteiger charge is -2.01. The highest BCUT2D eigenvalue weighted by molar-refractivity contribution is 6.42. The lowest BCUT2D eigenvalue weighted by molar-refractivity contribution is 0.572. The molecule has 0 saturated heterocycles. The van der Waals surface area contributed by atoms with Crippen molar-refractivity contribution >= 4 is 34.9 Å². The molecule has 0 spiro atoms. The molecular weight excluding hydrogens is 445 g/mol. The van der Waals surface area contributed by atoms with E-state index in [2.05, 4.69) is 5.10 Å². The summed E-state index contributed by atoms with van der Waals surface area (Å²) in [6.45, 7) is 0. The Morgan fingerprint density at radius 2 is 1.72 bits per heavy atom. The first kappa shape index (κ1) is 21.0. The third-order valence-electron chi connectivity index (χ3n) is 4.60. The maximum absolute atomic E-state index is 9.76. The number of para-hydroxylation sites is 1. The molecule has 0 unspecified atom stereocenters. The van der Waals surface area contributed by atoms with E-state index in [-0.39, 0.29) is 22.5 Å². The molecule has 0 radical (unpaired) electrons. The molecule has 8 heteroatoms. The second-order valence-electron chi connectivity index (χ2n) is 6.54. The lowest BCUT2D eigenvalue weighted by atomic mass is 10.1. The second kappa shape index (κ2) is 8.84. The summed E-state index contributed by atoms with van der Waals surface area (Å²) in [7, 11) is 0. The number of nitrogens with zero attached hydrogens (tertiary/aromatic N) is 5. The second-order valence-corrected chi connectivity index (χ2v) is 7.36. The highest BCUT2D eigenvalue weighted by atomic mass is 35.5. The Morgan fingerprint density at radius 1 is 0.938 bits per heavy atom. The molecule has 0 amide bonds. The first-order valence-electron chi connectivity index (χ1n) is 9.21. The molecular formula is C24H11Cl2N5O. The van der Waals surface area contributed by atoms with E-state index in [4.69, 9.17) is 27.6 Å². The average molecular weight is 456 g/mol. The van der Waals surface area contributed by atoms with Gasteiger partial charge in [-0.3, -0.25) is 0 Å². The van der Waals surface area contributed by atoms with Crippen LogP contribution in [0, 0.1) is 34.0 Å². The van der Waals surface area contributed by atoms with Gasteiger partial charge in [-0.2, -0.15) is 20.9 Å². The molecule has 2 heterocycles. The van der Waals surface area contributed by atoms with Crippen LogP contribution in [0.5, 0.6) is 0 Å². The molecule has 0 aliphatic rings. The number of hydrogen-bond acceptors (Lipinski definition) is 5. The Hall–Kier alpha value is -4.28. The van der Waals surface area contributed by atoms with Crippen LogP contribution < -0.4 is 0 Å². The van der Waals surface area contributed by atoms with Gasteiger partial charge >= 0.3 is 0 Å². The molecule has 2 aromatic carbocycles. The zero-order chi connectivity index (χ0) is 22.7. The van der Waals surface area contributed by atoms with Gasteiger partial charge in [-0.25, -0.2) is 4.68 Å². The number of rotatable bonds is 4. The Bertz CT molecular complexity index is 1480. The molecule has 0 fully saturated rings. The van der Waals surface area contributed by atoms with Gasteiger partial charge in [0.25, 0.3) is 0 Å². The van der Waals surface area contributed by atoms with E-state index in [1.165, 1.54) is 10.8 Å². The largest absolute Gasteiger partial charge is 0.457 e. The minimum atomic E-state index is 0.0143. The Kier molecular flexibility index (Phi) is 5.79. The van der Waals surface area contributed by atoms with Crippen molar-refractivity contribution in [3.05, 3.63) is 93.4 Å². The van der Waals surface area contributed by atoms with Crippen molar-refractivity contribution in [1.29, 1.82) is 15.8 Å². The zero-order valence-electron chi connectivity index (χ0n) is 16.3. The molecule has 0 N–H and O–H groups in total. The molecule has 4 aromatic rings. The van der Waals surface area contributed by atoms with Crippen LogP contribution in [-0.4, -0.2) is 9.78 Å². The van der Waals surface area contributed by atoms with E-state index >= 15 is 0 Å². The van der Waals surface area contributed by atoms with Crippen molar-refractivity contribution in [2.24, 2.45) is 0 Å². The summed E-state index contributed by atoms with van der Waals surface area (Å²) >= 11 is 12.0. The van der Waals surface area contributed by atoms with Crippen LogP contribution in [0.15, 0.2) is 65.1 Å². The van der Waals surface area contributed by atoms with E-state index in [0.717, 1.165) is 5.56 Å². The summed E-state index contributed by atoms with van der Waals surface area (Å²) in [6, 6.07) is 23.5. The number of aromatic nitrogens is 2. The van der Waals surface area contributed by atoms with Gasteiger partial charge in [-0.1, -0.05) is 41.4 Å². The van der Waals surface area contributed by atoms with Crippen molar-refractivity contribution in [2.45, 2.75) is 0 Å². The minimum Gasteiger partial charge on any atom is -0.457 e. The molecule has 2 aromatic heterocycles. The lowest BCUT2D eigenvalue weighted by Crippen LogP contribution is -1.99. The summed E-state index contributed by atoms with van der Waals surface area (Å²) in [5.74, 6) is 0.902. The first-order chi connectivity index (χ1) is 15.5. The third-order valence-corrected chi connectivity index (χ3v) is 5.34. The quantitative estimate of drug-likeness (QED) is 0.338. The van der Waals surface area contributed by atoms with Gasteiger partial charge in [-0.05, 0) is 42.5 Å². The fourth-order valence-corrected chi connectivity index (χ4v) is 3.40. The topological polar surface area (TPSA) is 102 Å². The SMILES string of the molecule is N#CC(=Cc1ccc(-c2ccc(Cl)c(Cl)c2)o1)c1nn(-c2ccccc2)c(C#N)c1C#N. The van der Waals surface area contributed by atoms with Gasteiger partial charge in [0.2, 0.25) is 0 Å². The fourth-order valence-electron chi connectivity index (χ4n) is 3.10. The van der Waals surface area contributed by atoms with Crippen LogP contribution in [0.4, 0.5) is 0 Å². The molecule has 0 aliphatic carbocycles. The first-order valence-corrected chi connectivity index (χ1v) is 9.97. The molecule has 6 nitrogen and oxygen atoms in total. The molecule has 0 atom stereocenters. The predicted octanol–water partition coefficient (Wildman–Crippen LogP) is 6.25. The molecule has 4 rings (SSSR count). The van der Waals surface area contributed by atoms with Gasteiger partial charge in [0.05, 0.1) is 21.3 Å². The summed E-state index contributed by atoms with van der Waals surface area (Å²) in [5, 5.41) is 34.2. The van der Waals surface area contributed by atoms with E-state index in [0.29, 0.717) is 27.3 Å². The van der Waals surface area contributed by atoms with Crippen molar-refractivity contribution in [2.75, 3.05) is 0 Å². The molecule has 0 aliphatic heterocycles. The van der Waals surface area contributed by atoms with Gasteiger partial charge in [0, 0.05) is 11.6 Å². The van der Waals surface area contributed by atoms with Crippen LogP contribution in [0.3, 0.4) is 0 Å². The molecule has 152 valence electrons. The van der Waals surface area contributed by atoms with E-state index in [1.54, 1.807) is 54.6 Å². The fraction of sp³-hybridized carbons (Fsp3) is 0. The van der Waals surface area contributed by atoms with Crippen LogP contribution in [0.1, 0.15) is 22.7 Å². The number of halogens is 2. The van der Waals surface area contributed by atoms with Gasteiger partial charge in [0.1, 0.15) is 41.0 Å². The molecule has 0 bridgehead atoms. The number of hydrogen-bond donors (Lipinski definition) is 0. The summed E-state index contributed by atoms with van der Waals surface area (Å²) in [5.41, 5.74) is 1.57. The van der Waals surface area contributed by atoms with Crippen molar-refractivity contribution < 1.29 is 4.42 Å². The number of furan rings is 1. The average Bonchev–Trinajstić information content (AvgIpc) is 3.44. The van der Waals surface area contributed by atoms with Crippen molar-refractivity contribution in [3.8, 4) is 35.2 Å². The predicted molar refractivity (Wildman–Crippen MR) is 121 cm³/mol. The smallest absolute Gasteiger partial charge is 0.162 e. The normalized spacial score (nSPS) is 10.9.